The number of aliphatic imine (C=N–C) groups is 1. The number of allylic oxidation sites excluding steroid dienone is 1. The average molecular weight is 402 g/mol. The number of ketones is 1. The van der Waals surface area contributed by atoms with E-state index >= 15 is 0 Å². The molecule has 3 amide bonds. The number of benzene rings is 2. The van der Waals surface area contributed by atoms with Gasteiger partial charge in [-0.25, -0.2) is 9.59 Å². The van der Waals surface area contributed by atoms with Gasteiger partial charge in [0.05, 0.1) is 14.1 Å². The van der Waals surface area contributed by atoms with Crippen molar-refractivity contribution in [3.05, 3.63) is 64.7 Å². The Morgan fingerprint density at radius 3 is 2.40 bits per heavy atom. The number of imide groups is 1. The van der Waals surface area contributed by atoms with E-state index in [4.69, 9.17) is 0 Å². The summed E-state index contributed by atoms with van der Waals surface area (Å²) in [7, 11) is 2.88. The number of likely N-dealkylation sites (N-methyl/N-ethyl adjacent to an activating group) is 1. The highest BCUT2D eigenvalue weighted by Crippen LogP contribution is 2.44. The Hall–Kier alpha value is -4.07. The molecule has 2 heterocycles. The maximum atomic E-state index is 13.3. The van der Waals surface area contributed by atoms with Crippen molar-refractivity contribution in [2.45, 2.75) is 0 Å². The van der Waals surface area contributed by atoms with Crippen molar-refractivity contribution in [3.8, 4) is 11.5 Å². The number of amidine groups is 1. The number of phenolic OH excluding ortho intramolecular Hbond substituents is 2. The molecular weight excluding hydrogens is 386 g/mol. The van der Waals surface area contributed by atoms with Crippen LogP contribution in [-0.2, 0) is 4.79 Å². The molecule has 148 valence electrons. The van der Waals surface area contributed by atoms with E-state index in [2.05, 4.69) is 4.99 Å². The van der Waals surface area contributed by atoms with Crippen molar-refractivity contribution in [3.63, 3.8) is 0 Å². The third-order valence-corrected chi connectivity index (χ3v) is 5.71. The average Bonchev–Trinajstić information content (AvgIpc) is 3.03. The van der Waals surface area contributed by atoms with E-state index in [1.807, 2.05) is 0 Å². The Morgan fingerprint density at radius 2 is 1.70 bits per heavy atom. The van der Waals surface area contributed by atoms with Gasteiger partial charge < -0.3 is 10.2 Å². The Balaban J connectivity index is 1.89. The molecule has 1 unspecified atom stereocenters. The van der Waals surface area contributed by atoms with Crippen LogP contribution in [0.1, 0.15) is 21.5 Å². The summed E-state index contributed by atoms with van der Waals surface area (Å²) in [6.07, 6.45) is 0. The number of urea groups is 1. The predicted octanol–water partition coefficient (Wildman–Crippen LogP) is 1.80. The van der Waals surface area contributed by atoms with Gasteiger partial charge in [0.25, 0.3) is 5.84 Å². The van der Waals surface area contributed by atoms with Crippen molar-refractivity contribution in [1.29, 1.82) is 0 Å². The number of phenols is 2. The van der Waals surface area contributed by atoms with E-state index in [-0.39, 0.29) is 28.7 Å². The van der Waals surface area contributed by atoms with Gasteiger partial charge in [0.15, 0.2) is 17.3 Å². The lowest BCUT2D eigenvalue weighted by Crippen LogP contribution is -2.49. The number of fused-ring (bicyclic) bond motifs is 4. The molecule has 0 spiro atoms. The normalized spacial score (nSPS) is 20.3. The molecule has 0 fully saturated rings. The molecule has 1 aliphatic carbocycles. The first kappa shape index (κ1) is 18.0. The van der Waals surface area contributed by atoms with Crippen molar-refractivity contribution >= 4 is 34.8 Å². The first-order chi connectivity index (χ1) is 14.3. The second-order valence-corrected chi connectivity index (χ2v) is 7.36. The van der Waals surface area contributed by atoms with Crippen LogP contribution in [0.2, 0.25) is 0 Å². The molecule has 0 aromatic heterocycles. The van der Waals surface area contributed by atoms with Gasteiger partial charge in [0, 0.05) is 11.1 Å². The van der Waals surface area contributed by atoms with Crippen LogP contribution in [0.4, 0.5) is 4.79 Å². The van der Waals surface area contributed by atoms with Crippen molar-refractivity contribution in [2.75, 3.05) is 14.1 Å². The van der Waals surface area contributed by atoms with E-state index < -0.39 is 17.9 Å². The summed E-state index contributed by atoms with van der Waals surface area (Å²) in [6, 6.07) is 10.6. The first-order valence-corrected chi connectivity index (χ1v) is 9.23. The van der Waals surface area contributed by atoms with Crippen molar-refractivity contribution in [1.82, 2.24) is 4.90 Å². The first-order valence-electron chi connectivity index (χ1n) is 9.23. The molecular formula is C22H16N3O5+. The number of carbonyl (C=O) groups excluding carboxylic acids is 3. The number of rotatable bonds is 1. The van der Waals surface area contributed by atoms with Crippen LogP contribution in [0.3, 0.4) is 0 Å². The summed E-state index contributed by atoms with van der Waals surface area (Å²) in [5.74, 6) is -2.20. The fourth-order valence-corrected chi connectivity index (χ4v) is 4.21. The third-order valence-electron chi connectivity index (χ3n) is 5.71. The quantitative estimate of drug-likeness (QED) is 0.558. The Labute approximate surface area is 170 Å². The van der Waals surface area contributed by atoms with Gasteiger partial charge in [-0.1, -0.05) is 30.3 Å². The van der Waals surface area contributed by atoms with Gasteiger partial charge in [-0.3, -0.25) is 4.79 Å². The molecule has 30 heavy (non-hydrogen) atoms. The summed E-state index contributed by atoms with van der Waals surface area (Å²) in [5.41, 5.74) is 2.44. The molecule has 0 radical (unpaired) electrons. The second-order valence-electron chi connectivity index (χ2n) is 7.36. The number of aromatic hydroxyl groups is 2. The number of Topliss-reactive ketones (excluding diaryl/α,β-unsaturated/α-hetero) is 1. The third kappa shape index (κ3) is 2.18. The van der Waals surface area contributed by atoms with E-state index in [0.717, 1.165) is 4.90 Å². The van der Waals surface area contributed by atoms with Gasteiger partial charge >= 0.3 is 11.9 Å². The number of carbonyl (C=O) groups is 3. The molecule has 1 atom stereocenters. The number of hydrogen-bond acceptors (Lipinski definition) is 6. The van der Waals surface area contributed by atoms with Crippen LogP contribution in [-0.4, -0.2) is 63.1 Å². The largest absolute Gasteiger partial charge is 0.504 e. The second kappa shape index (κ2) is 5.96. The zero-order chi connectivity index (χ0) is 21.3. The van der Waals surface area contributed by atoms with E-state index in [1.165, 1.54) is 36.9 Å². The molecule has 5 rings (SSSR count). The molecule has 2 aliphatic heterocycles. The van der Waals surface area contributed by atoms with E-state index in [1.54, 1.807) is 24.3 Å². The number of amides is 3. The summed E-state index contributed by atoms with van der Waals surface area (Å²) in [6.45, 7) is 0. The smallest absolute Gasteiger partial charge is 0.445 e. The predicted molar refractivity (Wildman–Crippen MR) is 107 cm³/mol. The minimum absolute atomic E-state index is 0.125. The van der Waals surface area contributed by atoms with Gasteiger partial charge in [-0.15, -0.1) is 4.99 Å². The molecule has 0 saturated heterocycles. The number of hydrogen-bond donors (Lipinski definition) is 2. The maximum absolute atomic E-state index is 13.3. The minimum Gasteiger partial charge on any atom is -0.504 e. The molecule has 8 nitrogen and oxygen atoms in total. The summed E-state index contributed by atoms with van der Waals surface area (Å²) in [4.78, 5) is 44.5. The van der Waals surface area contributed by atoms with Crippen molar-refractivity contribution in [2.24, 2.45) is 10.9 Å². The number of dihydropyridines is 1. The van der Waals surface area contributed by atoms with Gasteiger partial charge in [-0.2, -0.15) is 9.48 Å². The zero-order valence-corrected chi connectivity index (χ0v) is 16.1. The van der Waals surface area contributed by atoms with E-state index in [0.29, 0.717) is 28.0 Å². The highest BCUT2D eigenvalue weighted by atomic mass is 16.3. The lowest BCUT2D eigenvalue weighted by molar-refractivity contribution is -0.403. The fourth-order valence-electron chi connectivity index (χ4n) is 4.21. The monoisotopic (exact) mass is 402 g/mol. The molecule has 0 bridgehead atoms. The molecule has 2 aromatic rings. The van der Waals surface area contributed by atoms with Gasteiger partial charge in [0.1, 0.15) is 17.2 Å². The molecule has 2 N–H and O–H groups in total. The fraction of sp³-hybridized carbons (Fsp3) is 0.136. The molecule has 3 aliphatic rings. The van der Waals surface area contributed by atoms with Crippen LogP contribution in [0, 0.1) is 5.92 Å². The lowest BCUT2D eigenvalue weighted by atomic mass is 9.81. The summed E-state index contributed by atoms with van der Waals surface area (Å²) < 4.78 is 1.27. The Kier molecular flexibility index (Phi) is 3.58. The SMILES string of the molecule is CN1C(=O)C2=C(c3ccc(O)c(O)c3)C3C(=O)c4ccccc4C3=NC2=[N+](C)C1=O. The lowest BCUT2D eigenvalue weighted by Gasteiger charge is -2.27. The topological polar surface area (TPSA) is 110 Å². The highest BCUT2D eigenvalue weighted by Gasteiger charge is 2.52. The molecule has 0 saturated carbocycles. The van der Waals surface area contributed by atoms with Crippen molar-refractivity contribution < 1.29 is 29.2 Å². The minimum atomic E-state index is -0.857. The van der Waals surface area contributed by atoms with E-state index in [9.17, 15) is 24.6 Å². The van der Waals surface area contributed by atoms with Crippen LogP contribution in [0.15, 0.2) is 53.0 Å². The number of nitrogens with zero attached hydrogens (tertiary/aromatic N) is 3. The van der Waals surface area contributed by atoms with Gasteiger partial charge in [0.2, 0.25) is 0 Å². The van der Waals surface area contributed by atoms with Crippen LogP contribution >= 0.6 is 0 Å². The zero-order valence-electron chi connectivity index (χ0n) is 16.1. The van der Waals surface area contributed by atoms with Crippen LogP contribution < -0.4 is 0 Å². The maximum Gasteiger partial charge on any atom is 0.445 e. The Bertz CT molecular complexity index is 1300. The standard InChI is InChI=1S/C22H15N3O5/c1-24-20-17(21(29)25(2)22(24)30)15(10-7-8-13(26)14(27)9-10)16-18(23-20)11-5-3-4-6-12(11)19(16)28/h3-9,16H,1-2H3,(H,27,28)/p+1. The van der Waals surface area contributed by atoms with Crippen LogP contribution in [0.25, 0.3) is 5.57 Å². The Morgan fingerprint density at radius 1 is 1.00 bits per heavy atom. The summed E-state index contributed by atoms with van der Waals surface area (Å²) in [5, 5.41) is 19.8. The molecule has 8 heteroatoms. The summed E-state index contributed by atoms with van der Waals surface area (Å²) >= 11 is 0. The van der Waals surface area contributed by atoms with Gasteiger partial charge in [-0.05, 0) is 23.3 Å². The molecule has 2 aromatic carbocycles. The highest BCUT2D eigenvalue weighted by molar-refractivity contribution is 6.43. The van der Waals surface area contributed by atoms with Crippen LogP contribution in [0.5, 0.6) is 11.5 Å².